The minimum Gasteiger partial charge on any atom is -0.495 e. The zero-order valence-corrected chi connectivity index (χ0v) is 11.9. The molecule has 6 heteroatoms. The summed E-state index contributed by atoms with van der Waals surface area (Å²) in [6.45, 7) is 0.151. The van der Waals surface area contributed by atoms with E-state index >= 15 is 0 Å². The van der Waals surface area contributed by atoms with E-state index in [1.54, 1.807) is 18.2 Å². The summed E-state index contributed by atoms with van der Waals surface area (Å²) in [5, 5.41) is 12.4. The predicted molar refractivity (Wildman–Crippen MR) is 78.7 cm³/mol. The van der Waals surface area contributed by atoms with Crippen LogP contribution in [0.5, 0.6) is 5.75 Å². The fraction of sp³-hybridized carbons (Fsp3) is 0.133. The molecule has 0 aromatic heterocycles. The highest BCUT2D eigenvalue weighted by atomic mass is 35.5. The number of halogens is 2. The van der Waals surface area contributed by atoms with Crippen molar-refractivity contribution in [3.05, 3.63) is 58.4 Å². The van der Waals surface area contributed by atoms with E-state index in [-0.39, 0.29) is 17.7 Å². The molecule has 2 aromatic rings. The molecule has 2 N–H and O–H groups in total. The van der Waals surface area contributed by atoms with Crippen LogP contribution >= 0.6 is 11.6 Å². The summed E-state index contributed by atoms with van der Waals surface area (Å²) in [7, 11) is 1.50. The SMILES string of the molecule is COc1cc(NCc2cc(C(=O)O)ccc2F)ccc1Cl. The molecule has 0 spiro atoms. The van der Waals surface area contributed by atoms with Gasteiger partial charge < -0.3 is 15.2 Å². The first-order chi connectivity index (χ1) is 10.0. The number of methoxy groups -OCH3 is 1. The van der Waals surface area contributed by atoms with Crippen LogP contribution in [0.15, 0.2) is 36.4 Å². The Labute approximate surface area is 126 Å². The third-order valence-corrected chi connectivity index (χ3v) is 3.24. The molecule has 0 aliphatic heterocycles. The number of carboxylic acids is 1. The topological polar surface area (TPSA) is 58.6 Å². The van der Waals surface area contributed by atoms with Crippen LogP contribution < -0.4 is 10.1 Å². The van der Waals surface area contributed by atoms with Gasteiger partial charge in [-0.2, -0.15) is 0 Å². The molecule has 110 valence electrons. The second-order valence-electron chi connectivity index (χ2n) is 4.31. The smallest absolute Gasteiger partial charge is 0.335 e. The molecule has 0 saturated heterocycles. The summed E-state index contributed by atoms with van der Waals surface area (Å²) in [6.07, 6.45) is 0. The molecule has 2 rings (SSSR count). The fourth-order valence-electron chi connectivity index (χ4n) is 1.81. The van der Waals surface area contributed by atoms with Gasteiger partial charge in [0.2, 0.25) is 0 Å². The molecule has 4 nitrogen and oxygen atoms in total. The number of carboxylic acid groups (broad SMARTS) is 1. The maximum Gasteiger partial charge on any atom is 0.335 e. The van der Waals surface area contributed by atoms with E-state index < -0.39 is 11.8 Å². The summed E-state index contributed by atoms with van der Waals surface area (Å²) in [6, 6.07) is 8.74. The quantitative estimate of drug-likeness (QED) is 0.882. The van der Waals surface area contributed by atoms with Crippen LogP contribution in [0.1, 0.15) is 15.9 Å². The lowest BCUT2D eigenvalue weighted by Gasteiger charge is -2.10. The van der Waals surface area contributed by atoms with Crippen LogP contribution in [0, 0.1) is 5.82 Å². The molecule has 0 fully saturated rings. The number of rotatable bonds is 5. The van der Waals surface area contributed by atoms with Gasteiger partial charge in [-0.1, -0.05) is 11.6 Å². The van der Waals surface area contributed by atoms with Crippen molar-refractivity contribution in [3.8, 4) is 5.75 Å². The zero-order valence-electron chi connectivity index (χ0n) is 11.2. The molecule has 0 radical (unpaired) electrons. The number of nitrogens with one attached hydrogen (secondary N) is 1. The third-order valence-electron chi connectivity index (χ3n) is 2.93. The highest BCUT2D eigenvalue weighted by Gasteiger charge is 2.09. The minimum absolute atomic E-state index is 0.0434. The van der Waals surface area contributed by atoms with Gasteiger partial charge in [0, 0.05) is 23.9 Å². The van der Waals surface area contributed by atoms with Crippen molar-refractivity contribution in [2.75, 3.05) is 12.4 Å². The van der Waals surface area contributed by atoms with Crippen LogP contribution in [0.25, 0.3) is 0 Å². The Morgan fingerprint density at radius 2 is 2.10 bits per heavy atom. The van der Waals surface area contributed by atoms with E-state index in [0.29, 0.717) is 16.5 Å². The minimum atomic E-state index is -1.09. The standard InChI is InChI=1S/C15H13ClFNO3/c1-21-14-7-11(3-4-12(14)16)18-8-10-6-9(15(19)20)2-5-13(10)17/h2-7,18H,8H2,1H3,(H,19,20). The first kappa shape index (κ1) is 15.1. The van der Waals surface area contributed by atoms with Gasteiger partial charge in [0.1, 0.15) is 11.6 Å². The Bertz CT molecular complexity index is 676. The van der Waals surface area contributed by atoms with Gasteiger partial charge in [0.25, 0.3) is 0 Å². The van der Waals surface area contributed by atoms with Crippen LogP contribution in [0.4, 0.5) is 10.1 Å². The summed E-state index contributed by atoms with van der Waals surface area (Å²) in [4.78, 5) is 10.9. The van der Waals surface area contributed by atoms with Gasteiger partial charge in [0.05, 0.1) is 17.7 Å². The summed E-state index contributed by atoms with van der Waals surface area (Å²) in [5.74, 6) is -1.06. The van der Waals surface area contributed by atoms with Crippen LogP contribution in [0.3, 0.4) is 0 Å². The lowest BCUT2D eigenvalue weighted by molar-refractivity contribution is 0.0696. The van der Waals surface area contributed by atoms with Gasteiger partial charge in [-0.05, 0) is 30.3 Å². The Hall–Kier alpha value is -2.27. The molecule has 2 aromatic carbocycles. The predicted octanol–water partition coefficient (Wildman–Crippen LogP) is 3.80. The number of carbonyl (C=O) groups is 1. The Morgan fingerprint density at radius 3 is 2.76 bits per heavy atom. The molecule has 0 atom stereocenters. The number of aromatic carboxylic acids is 1. The summed E-state index contributed by atoms with van der Waals surface area (Å²) in [5.41, 5.74) is 1.00. The maximum absolute atomic E-state index is 13.7. The largest absolute Gasteiger partial charge is 0.495 e. The Balaban J connectivity index is 2.16. The molecule has 0 saturated carbocycles. The van der Waals surface area contributed by atoms with E-state index in [2.05, 4.69) is 5.32 Å². The third kappa shape index (κ3) is 3.64. The van der Waals surface area contributed by atoms with E-state index in [1.807, 2.05) is 0 Å². The monoisotopic (exact) mass is 309 g/mol. The van der Waals surface area contributed by atoms with Gasteiger partial charge in [-0.3, -0.25) is 0 Å². The second-order valence-corrected chi connectivity index (χ2v) is 4.72. The number of benzene rings is 2. The van der Waals surface area contributed by atoms with Crippen molar-refractivity contribution >= 4 is 23.3 Å². The molecular formula is C15H13ClFNO3. The fourth-order valence-corrected chi connectivity index (χ4v) is 2.00. The van der Waals surface area contributed by atoms with Crippen molar-refractivity contribution in [1.29, 1.82) is 0 Å². The van der Waals surface area contributed by atoms with Gasteiger partial charge in [-0.15, -0.1) is 0 Å². The second kappa shape index (κ2) is 6.45. The van der Waals surface area contributed by atoms with E-state index in [9.17, 15) is 9.18 Å². The number of hydrogen-bond acceptors (Lipinski definition) is 3. The number of hydrogen-bond donors (Lipinski definition) is 2. The van der Waals surface area contributed by atoms with Gasteiger partial charge in [-0.25, -0.2) is 9.18 Å². The zero-order chi connectivity index (χ0) is 15.4. The lowest BCUT2D eigenvalue weighted by Crippen LogP contribution is -2.05. The van der Waals surface area contributed by atoms with Crippen LogP contribution in [-0.2, 0) is 6.54 Å². The van der Waals surface area contributed by atoms with Crippen molar-refractivity contribution < 1.29 is 19.0 Å². The summed E-state index contributed by atoms with van der Waals surface area (Å²) < 4.78 is 18.8. The molecule has 0 unspecified atom stereocenters. The van der Waals surface area contributed by atoms with Crippen molar-refractivity contribution in [1.82, 2.24) is 0 Å². The average molecular weight is 310 g/mol. The van der Waals surface area contributed by atoms with Crippen LogP contribution in [-0.4, -0.2) is 18.2 Å². The first-order valence-electron chi connectivity index (χ1n) is 6.10. The number of anilines is 1. The lowest BCUT2D eigenvalue weighted by atomic mass is 10.1. The molecule has 0 amide bonds. The van der Waals surface area contributed by atoms with Gasteiger partial charge >= 0.3 is 5.97 Å². The molecule has 0 aliphatic rings. The normalized spacial score (nSPS) is 10.2. The average Bonchev–Trinajstić information content (AvgIpc) is 2.47. The van der Waals surface area contributed by atoms with Gasteiger partial charge in [0.15, 0.2) is 0 Å². The van der Waals surface area contributed by atoms with Crippen LogP contribution in [0.2, 0.25) is 5.02 Å². The molecule has 0 bridgehead atoms. The highest BCUT2D eigenvalue weighted by Crippen LogP contribution is 2.27. The van der Waals surface area contributed by atoms with Crippen molar-refractivity contribution in [2.24, 2.45) is 0 Å². The Kier molecular flexibility index (Phi) is 4.65. The Morgan fingerprint density at radius 1 is 1.33 bits per heavy atom. The highest BCUT2D eigenvalue weighted by molar-refractivity contribution is 6.32. The molecular weight excluding hydrogens is 297 g/mol. The molecule has 21 heavy (non-hydrogen) atoms. The molecule has 0 aliphatic carbocycles. The van der Waals surface area contributed by atoms with E-state index in [1.165, 1.54) is 19.2 Å². The van der Waals surface area contributed by atoms with E-state index in [4.69, 9.17) is 21.4 Å². The number of ether oxygens (including phenoxy) is 1. The van der Waals surface area contributed by atoms with Crippen molar-refractivity contribution in [3.63, 3.8) is 0 Å². The molecule has 0 heterocycles. The summed E-state index contributed by atoms with van der Waals surface area (Å²) >= 11 is 5.92. The van der Waals surface area contributed by atoms with E-state index in [0.717, 1.165) is 6.07 Å². The first-order valence-corrected chi connectivity index (χ1v) is 6.48. The van der Waals surface area contributed by atoms with Crippen molar-refractivity contribution in [2.45, 2.75) is 6.54 Å². The maximum atomic E-state index is 13.7.